The SMILES string of the molecule is Cc1cc(Cl)ccc1OCCCNC(=O)C(N)c1ccccc1.Cl. The summed E-state index contributed by atoms with van der Waals surface area (Å²) in [5.74, 6) is 0.626. The van der Waals surface area contributed by atoms with Crippen LogP contribution in [0.25, 0.3) is 0 Å². The largest absolute Gasteiger partial charge is 0.493 e. The summed E-state index contributed by atoms with van der Waals surface area (Å²) in [5, 5.41) is 3.52. The molecule has 24 heavy (non-hydrogen) atoms. The molecule has 1 unspecified atom stereocenters. The fraction of sp³-hybridized carbons (Fsp3) is 0.278. The van der Waals surface area contributed by atoms with E-state index >= 15 is 0 Å². The molecule has 4 nitrogen and oxygen atoms in total. The number of carbonyl (C=O) groups is 1. The first-order valence-electron chi connectivity index (χ1n) is 7.55. The van der Waals surface area contributed by atoms with Crippen LogP contribution in [0.15, 0.2) is 48.5 Å². The smallest absolute Gasteiger partial charge is 0.241 e. The van der Waals surface area contributed by atoms with Crippen LogP contribution in [0.5, 0.6) is 5.75 Å². The number of amides is 1. The summed E-state index contributed by atoms with van der Waals surface area (Å²) in [7, 11) is 0. The maximum Gasteiger partial charge on any atom is 0.241 e. The Balaban J connectivity index is 0.00000288. The van der Waals surface area contributed by atoms with Crippen LogP contribution in [-0.2, 0) is 4.79 Å². The minimum absolute atomic E-state index is 0. The van der Waals surface area contributed by atoms with E-state index in [9.17, 15) is 4.79 Å². The van der Waals surface area contributed by atoms with Crippen LogP contribution >= 0.6 is 24.0 Å². The summed E-state index contributed by atoms with van der Waals surface area (Å²) < 4.78 is 5.68. The summed E-state index contributed by atoms with van der Waals surface area (Å²) in [6.45, 7) is 2.98. The molecule has 2 aromatic rings. The predicted molar refractivity (Wildman–Crippen MR) is 99.9 cm³/mol. The zero-order chi connectivity index (χ0) is 16.7. The molecule has 0 heterocycles. The third-order valence-corrected chi connectivity index (χ3v) is 3.69. The van der Waals surface area contributed by atoms with E-state index in [1.807, 2.05) is 49.4 Å². The van der Waals surface area contributed by atoms with E-state index in [-0.39, 0.29) is 18.3 Å². The molecule has 0 saturated carbocycles. The topological polar surface area (TPSA) is 64.3 Å². The number of hydrogen-bond donors (Lipinski definition) is 2. The average molecular weight is 369 g/mol. The molecule has 1 atom stereocenters. The number of benzene rings is 2. The molecule has 0 saturated heterocycles. The fourth-order valence-corrected chi connectivity index (χ4v) is 2.39. The maximum atomic E-state index is 12.0. The zero-order valence-corrected chi connectivity index (χ0v) is 15.1. The Bertz CT molecular complexity index is 651. The lowest BCUT2D eigenvalue weighted by atomic mass is 10.1. The quantitative estimate of drug-likeness (QED) is 0.733. The Labute approximate surface area is 153 Å². The van der Waals surface area contributed by atoms with Gasteiger partial charge in [0.15, 0.2) is 0 Å². The summed E-state index contributed by atoms with van der Waals surface area (Å²) in [6.07, 6.45) is 0.704. The van der Waals surface area contributed by atoms with Gasteiger partial charge in [-0.2, -0.15) is 0 Å². The monoisotopic (exact) mass is 368 g/mol. The Morgan fingerprint density at radius 2 is 1.96 bits per heavy atom. The van der Waals surface area contributed by atoms with Gasteiger partial charge in [0.2, 0.25) is 5.91 Å². The van der Waals surface area contributed by atoms with Gasteiger partial charge in [-0.3, -0.25) is 4.79 Å². The summed E-state index contributed by atoms with van der Waals surface area (Å²) in [6, 6.07) is 14.2. The summed E-state index contributed by atoms with van der Waals surface area (Å²) in [4.78, 5) is 12.0. The van der Waals surface area contributed by atoms with Gasteiger partial charge in [-0.1, -0.05) is 41.9 Å². The highest BCUT2D eigenvalue weighted by atomic mass is 35.5. The van der Waals surface area contributed by atoms with E-state index in [2.05, 4.69) is 5.32 Å². The standard InChI is InChI=1S/C18H21ClN2O2.ClH/c1-13-12-15(19)8-9-16(13)23-11-5-10-21-18(22)17(20)14-6-3-2-4-7-14;/h2-4,6-9,12,17H,5,10-11,20H2,1H3,(H,21,22);1H. The number of ether oxygens (including phenoxy) is 1. The molecule has 0 spiro atoms. The van der Waals surface area contributed by atoms with Crippen molar-refractivity contribution in [2.75, 3.05) is 13.2 Å². The van der Waals surface area contributed by atoms with Gasteiger partial charge in [-0.15, -0.1) is 12.4 Å². The highest BCUT2D eigenvalue weighted by Crippen LogP contribution is 2.21. The third-order valence-electron chi connectivity index (χ3n) is 3.46. The van der Waals surface area contributed by atoms with Crippen molar-refractivity contribution < 1.29 is 9.53 Å². The van der Waals surface area contributed by atoms with E-state index in [4.69, 9.17) is 22.1 Å². The molecule has 6 heteroatoms. The second-order valence-electron chi connectivity index (χ2n) is 5.29. The van der Waals surface area contributed by atoms with Gasteiger partial charge < -0.3 is 15.8 Å². The molecule has 0 aliphatic carbocycles. The van der Waals surface area contributed by atoms with Crippen LogP contribution in [0.3, 0.4) is 0 Å². The second-order valence-corrected chi connectivity index (χ2v) is 5.73. The van der Waals surface area contributed by atoms with Crippen molar-refractivity contribution in [2.45, 2.75) is 19.4 Å². The normalized spacial score (nSPS) is 11.3. The highest BCUT2D eigenvalue weighted by molar-refractivity contribution is 6.30. The first kappa shape index (κ1) is 20.3. The van der Waals surface area contributed by atoms with E-state index < -0.39 is 6.04 Å². The lowest BCUT2D eigenvalue weighted by molar-refractivity contribution is -0.122. The van der Waals surface area contributed by atoms with Crippen LogP contribution in [0.2, 0.25) is 5.02 Å². The van der Waals surface area contributed by atoms with Gasteiger partial charge in [-0.25, -0.2) is 0 Å². The molecule has 2 rings (SSSR count). The Morgan fingerprint density at radius 1 is 1.25 bits per heavy atom. The number of nitrogens with two attached hydrogens (primary N) is 1. The van der Waals surface area contributed by atoms with Gasteiger partial charge in [0.25, 0.3) is 0 Å². The highest BCUT2D eigenvalue weighted by Gasteiger charge is 2.14. The number of hydrogen-bond acceptors (Lipinski definition) is 3. The summed E-state index contributed by atoms with van der Waals surface area (Å²) in [5.41, 5.74) is 7.72. The van der Waals surface area contributed by atoms with Crippen LogP contribution in [0.4, 0.5) is 0 Å². The first-order chi connectivity index (χ1) is 11.1. The minimum atomic E-state index is -0.643. The van der Waals surface area contributed by atoms with Crippen molar-refractivity contribution in [3.63, 3.8) is 0 Å². The van der Waals surface area contributed by atoms with Gasteiger partial charge in [0.05, 0.1) is 6.61 Å². The van der Waals surface area contributed by atoms with Crippen molar-refractivity contribution in [3.05, 3.63) is 64.7 Å². The lowest BCUT2D eigenvalue weighted by Crippen LogP contribution is -2.35. The molecule has 1 amide bonds. The van der Waals surface area contributed by atoms with Crippen LogP contribution in [0.1, 0.15) is 23.6 Å². The fourth-order valence-electron chi connectivity index (χ4n) is 2.16. The van der Waals surface area contributed by atoms with Crippen LogP contribution in [0, 0.1) is 6.92 Å². The van der Waals surface area contributed by atoms with Crippen molar-refractivity contribution in [2.24, 2.45) is 5.73 Å². The van der Waals surface area contributed by atoms with E-state index in [1.165, 1.54) is 0 Å². The van der Waals surface area contributed by atoms with E-state index in [0.717, 1.165) is 16.9 Å². The van der Waals surface area contributed by atoms with Crippen molar-refractivity contribution in [3.8, 4) is 5.75 Å². The van der Waals surface area contributed by atoms with E-state index in [1.54, 1.807) is 6.07 Å². The molecule has 3 N–H and O–H groups in total. The molecule has 0 aliphatic rings. The number of rotatable bonds is 7. The van der Waals surface area contributed by atoms with Crippen molar-refractivity contribution in [1.29, 1.82) is 0 Å². The number of aryl methyl sites for hydroxylation is 1. The maximum absolute atomic E-state index is 12.0. The number of halogens is 2. The molecular formula is C18H22Cl2N2O2. The zero-order valence-electron chi connectivity index (χ0n) is 13.5. The average Bonchev–Trinajstić information content (AvgIpc) is 2.56. The Kier molecular flexibility index (Phi) is 8.61. The van der Waals surface area contributed by atoms with Gasteiger partial charge in [0, 0.05) is 11.6 Å². The Hall–Kier alpha value is -1.75. The lowest BCUT2D eigenvalue weighted by Gasteiger charge is -2.13. The van der Waals surface area contributed by atoms with E-state index in [0.29, 0.717) is 24.6 Å². The van der Waals surface area contributed by atoms with Gasteiger partial charge in [0.1, 0.15) is 11.8 Å². The number of carbonyl (C=O) groups excluding carboxylic acids is 1. The second kappa shape index (κ2) is 10.2. The summed E-state index contributed by atoms with van der Waals surface area (Å²) >= 11 is 5.90. The third kappa shape index (κ3) is 6.04. The molecule has 0 bridgehead atoms. The first-order valence-corrected chi connectivity index (χ1v) is 7.93. The molecule has 2 aromatic carbocycles. The van der Waals surface area contributed by atoms with Gasteiger partial charge >= 0.3 is 0 Å². The molecule has 0 fully saturated rings. The van der Waals surface area contributed by atoms with Crippen LogP contribution < -0.4 is 15.8 Å². The van der Waals surface area contributed by atoms with Gasteiger partial charge in [-0.05, 0) is 42.7 Å². The predicted octanol–water partition coefficient (Wildman–Crippen LogP) is 3.66. The molecule has 0 aliphatic heterocycles. The minimum Gasteiger partial charge on any atom is -0.493 e. The Morgan fingerprint density at radius 3 is 2.62 bits per heavy atom. The number of nitrogens with one attached hydrogen (secondary N) is 1. The molecule has 130 valence electrons. The van der Waals surface area contributed by atoms with Crippen molar-refractivity contribution >= 4 is 29.9 Å². The molecule has 0 aromatic heterocycles. The molecule has 0 radical (unpaired) electrons. The van der Waals surface area contributed by atoms with Crippen molar-refractivity contribution in [1.82, 2.24) is 5.32 Å². The van der Waals surface area contributed by atoms with Crippen LogP contribution in [-0.4, -0.2) is 19.1 Å². The molecular weight excluding hydrogens is 347 g/mol.